The zero-order chi connectivity index (χ0) is 13.6. The molecule has 0 fully saturated rings. The van der Waals surface area contributed by atoms with Crippen molar-refractivity contribution in [3.63, 3.8) is 0 Å². The third-order valence-electron chi connectivity index (χ3n) is 2.15. The second kappa shape index (κ2) is 6.81. The van der Waals surface area contributed by atoms with Crippen molar-refractivity contribution in [3.05, 3.63) is 30.3 Å². The van der Waals surface area contributed by atoms with Crippen LogP contribution in [0.5, 0.6) is 0 Å². The minimum Gasteiger partial charge on any atom is -0.459 e. The molecule has 1 aromatic rings. The zero-order valence-electron chi connectivity index (χ0n) is 11.2. The van der Waals surface area contributed by atoms with Crippen LogP contribution in [-0.2, 0) is 9.53 Å². The van der Waals surface area contributed by atoms with E-state index in [1.165, 1.54) is 4.90 Å². The molecule has 0 saturated heterocycles. The first kappa shape index (κ1) is 15.1. The second-order valence-corrected chi connectivity index (χ2v) is 6.26. The molecule has 0 aliphatic heterocycles. The quantitative estimate of drug-likeness (QED) is 0.658. The van der Waals surface area contributed by atoms with E-state index in [9.17, 15) is 4.79 Å². The lowest BCUT2D eigenvalue weighted by Gasteiger charge is -2.22. The van der Waals surface area contributed by atoms with Crippen LogP contribution >= 0.6 is 11.8 Å². The zero-order valence-corrected chi connectivity index (χ0v) is 12.0. The lowest BCUT2D eigenvalue weighted by Crippen LogP contribution is -2.37. The van der Waals surface area contributed by atoms with Crippen LogP contribution in [0.2, 0.25) is 0 Å². The SMILES string of the molecule is CC(C)(C)OC(=O)C(N)CCSc1ccccc1. The number of rotatable bonds is 5. The van der Waals surface area contributed by atoms with Crippen molar-refractivity contribution in [2.75, 3.05) is 5.75 Å². The van der Waals surface area contributed by atoms with Crippen LogP contribution < -0.4 is 5.73 Å². The van der Waals surface area contributed by atoms with Crippen molar-refractivity contribution < 1.29 is 9.53 Å². The molecular weight excluding hydrogens is 246 g/mol. The molecule has 100 valence electrons. The Morgan fingerprint density at radius 2 is 1.94 bits per heavy atom. The largest absolute Gasteiger partial charge is 0.459 e. The first-order chi connectivity index (χ1) is 8.38. The lowest BCUT2D eigenvalue weighted by molar-refractivity contribution is -0.156. The summed E-state index contributed by atoms with van der Waals surface area (Å²) in [5.74, 6) is 0.487. The Kier molecular flexibility index (Phi) is 5.69. The molecule has 0 aliphatic rings. The Labute approximate surface area is 113 Å². The van der Waals surface area contributed by atoms with E-state index < -0.39 is 11.6 Å². The molecule has 0 aromatic heterocycles. The number of carbonyl (C=O) groups excluding carboxylic acids is 1. The predicted molar refractivity (Wildman–Crippen MR) is 75.6 cm³/mol. The van der Waals surface area contributed by atoms with Gasteiger partial charge in [0.15, 0.2) is 0 Å². The highest BCUT2D eigenvalue weighted by Gasteiger charge is 2.21. The van der Waals surface area contributed by atoms with Gasteiger partial charge in [-0.05, 0) is 39.3 Å². The van der Waals surface area contributed by atoms with Gasteiger partial charge in [-0.2, -0.15) is 0 Å². The average Bonchev–Trinajstić information content (AvgIpc) is 2.28. The third kappa shape index (κ3) is 6.07. The van der Waals surface area contributed by atoms with Crippen LogP contribution in [0.1, 0.15) is 27.2 Å². The van der Waals surface area contributed by atoms with Crippen molar-refractivity contribution >= 4 is 17.7 Å². The van der Waals surface area contributed by atoms with Gasteiger partial charge in [0, 0.05) is 10.6 Å². The molecule has 0 radical (unpaired) electrons. The maximum absolute atomic E-state index is 11.6. The molecular formula is C14H21NO2S. The fourth-order valence-corrected chi connectivity index (χ4v) is 2.27. The first-order valence-corrected chi connectivity index (χ1v) is 7.03. The van der Waals surface area contributed by atoms with Crippen LogP contribution in [0.25, 0.3) is 0 Å². The van der Waals surface area contributed by atoms with Crippen molar-refractivity contribution in [2.45, 2.75) is 43.7 Å². The molecule has 0 heterocycles. The minimum atomic E-state index is -0.541. The first-order valence-electron chi connectivity index (χ1n) is 6.05. The molecule has 0 bridgehead atoms. The second-order valence-electron chi connectivity index (χ2n) is 5.09. The van der Waals surface area contributed by atoms with Crippen molar-refractivity contribution in [2.24, 2.45) is 5.73 Å². The standard InChI is InChI=1S/C14H21NO2S/c1-14(2,3)17-13(16)12(15)9-10-18-11-7-5-4-6-8-11/h4-8,12H,9-10,15H2,1-3H3. The molecule has 18 heavy (non-hydrogen) atoms. The van der Waals surface area contributed by atoms with Gasteiger partial charge in [-0.15, -0.1) is 11.8 Å². The lowest BCUT2D eigenvalue weighted by atomic mass is 10.2. The van der Waals surface area contributed by atoms with Gasteiger partial charge in [0.1, 0.15) is 11.6 Å². The van der Waals surface area contributed by atoms with E-state index in [1.807, 2.05) is 51.1 Å². The Balaban J connectivity index is 2.29. The maximum Gasteiger partial charge on any atom is 0.323 e. The van der Waals surface area contributed by atoms with Crippen LogP contribution in [0.3, 0.4) is 0 Å². The van der Waals surface area contributed by atoms with Gasteiger partial charge >= 0.3 is 5.97 Å². The maximum atomic E-state index is 11.6. The molecule has 0 amide bonds. The summed E-state index contributed by atoms with van der Waals surface area (Å²) in [6, 6.07) is 9.52. The number of thioether (sulfide) groups is 1. The summed E-state index contributed by atoms with van der Waals surface area (Å²) >= 11 is 1.70. The minimum absolute atomic E-state index is 0.323. The third-order valence-corrected chi connectivity index (χ3v) is 3.20. The van der Waals surface area contributed by atoms with Gasteiger partial charge < -0.3 is 10.5 Å². The molecule has 1 rings (SSSR count). The number of esters is 1. The van der Waals surface area contributed by atoms with E-state index in [1.54, 1.807) is 11.8 Å². The van der Waals surface area contributed by atoms with E-state index >= 15 is 0 Å². The van der Waals surface area contributed by atoms with E-state index in [0.29, 0.717) is 6.42 Å². The molecule has 1 unspecified atom stereocenters. The molecule has 1 aromatic carbocycles. The van der Waals surface area contributed by atoms with Crippen molar-refractivity contribution in [1.82, 2.24) is 0 Å². The highest BCUT2D eigenvalue weighted by molar-refractivity contribution is 7.99. The topological polar surface area (TPSA) is 52.3 Å². The fourth-order valence-electron chi connectivity index (χ4n) is 1.32. The molecule has 4 heteroatoms. The number of nitrogens with two attached hydrogens (primary N) is 1. The van der Waals surface area contributed by atoms with Gasteiger partial charge in [0.25, 0.3) is 0 Å². The Bertz CT molecular complexity index is 373. The summed E-state index contributed by atoms with van der Waals surface area (Å²) in [7, 11) is 0. The average molecular weight is 267 g/mol. The van der Waals surface area contributed by atoms with Crippen LogP contribution in [-0.4, -0.2) is 23.4 Å². The van der Waals surface area contributed by atoms with Gasteiger partial charge in [-0.25, -0.2) is 0 Å². The molecule has 2 N–H and O–H groups in total. The Hall–Kier alpha value is -1.00. The Morgan fingerprint density at radius 1 is 1.33 bits per heavy atom. The van der Waals surface area contributed by atoms with Gasteiger partial charge in [-0.1, -0.05) is 18.2 Å². The highest BCUT2D eigenvalue weighted by atomic mass is 32.2. The van der Waals surface area contributed by atoms with Crippen LogP contribution in [0.4, 0.5) is 0 Å². The molecule has 0 saturated carbocycles. The summed E-state index contributed by atoms with van der Waals surface area (Å²) in [4.78, 5) is 12.8. The van der Waals surface area contributed by atoms with Crippen molar-refractivity contribution in [1.29, 1.82) is 0 Å². The summed E-state index contributed by atoms with van der Waals surface area (Å²) in [5.41, 5.74) is 5.33. The van der Waals surface area contributed by atoms with E-state index in [0.717, 1.165) is 5.75 Å². The molecule has 1 atom stereocenters. The predicted octanol–water partition coefficient (Wildman–Crippen LogP) is 2.84. The number of benzene rings is 1. The number of carbonyl (C=O) groups is 1. The van der Waals surface area contributed by atoms with E-state index in [4.69, 9.17) is 10.5 Å². The van der Waals surface area contributed by atoms with E-state index in [2.05, 4.69) is 0 Å². The number of hydrogen-bond acceptors (Lipinski definition) is 4. The summed E-state index contributed by atoms with van der Waals surface area (Å²) in [5, 5.41) is 0. The smallest absolute Gasteiger partial charge is 0.323 e. The normalized spacial score (nSPS) is 13.1. The summed E-state index contributed by atoms with van der Waals surface area (Å²) in [6.07, 6.45) is 0.620. The summed E-state index contributed by atoms with van der Waals surface area (Å²) in [6.45, 7) is 5.53. The van der Waals surface area contributed by atoms with Crippen molar-refractivity contribution in [3.8, 4) is 0 Å². The number of ether oxygens (including phenoxy) is 1. The highest BCUT2D eigenvalue weighted by Crippen LogP contribution is 2.18. The molecule has 0 aliphatic carbocycles. The summed E-state index contributed by atoms with van der Waals surface area (Å²) < 4.78 is 5.23. The Morgan fingerprint density at radius 3 is 2.50 bits per heavy atom. The monoisotopic (exact) mass is 267 g/mol. The van der Waals surface area contributed by atoms with Crippen LogP contribution in [0.15, 0.2) is 35.2 Å². The van der Waals surface area contributed by atoms with Gasteiger partial charge in [0.05, 0.1) is 0 Å². The molecule has 3 nitrogen and oxygen atoms in total. The number of hydrogen-bond donors (Lipinski definition) is 1. The fraction of sp³-hybridized carbons (Fsp3) is 0.500. The van der Waals surface area contributed by atoms with E-state index in [-0.39, 0.29) is 5.97 Å². The van der Waals surface area contributed by atoms with Crippen LogP contribution in [0, 0.1) is 0 Å². The molecule has 0 spiro atoms. The van der Waals surface area contributed by atoms with Gasteiger partial charge in [0.2, 0.25) is 0 Å². The van der Waals surface area contributed by atoms with Gasteiger partial charge in [-0.3, -0.25) is 4.79 Å².